The number of aliphatic imine (C=N–C) groups is 1. The highest BCUT2D eigenvalue weighted by molar-refractivity contribution is 6.20. The molecule has 0 radical (unpaired) electrons. The molecule has 7 nitrogen and oxygen atoms in total. The first-order valence-electron chi connectivity index (χ1n) is 9.05. The Kier molecular flexibility index (Phi) is 6.41. The Bertz CT molecular complexity index is 1030. The van der Waals surface area contributed by atoms with Gasteiger partial charge in [0.25, 0.3) is 5.91 Å². The zero-order valence-corrected chi connectivity index (χ0v) is 16.5. The van der Waals surface area contributed by atoms with E-state index in [1.54, 1.807) is 6.07 Å². The zero-order chi connectivity index (χ0) is 21.0. The summed E-state index contributed by atoms with van der Waals surface area (Å²) in [6, 6.07) is 3.39. The molecule has 148 valence electrons. The monoisotopic (exact) mass is 384 g/mol. The van der Waals surface area contributed by atoms with Gasteiger partial charge in [-0.3, -0.25) is 9.79 Å². The number of nitrogens with two attached hydrogens (primary N) is 3. The summed E-state index contributed by atoms with van der Waals surface area (Å²) in [6.07, 6.45) is 2.15. The molecule has 1 aromatic heterocycles. The van der Waals surface area contributed by atoms with Gasteiger partial charge >= 0.3 is 0 Å². The van der Waals surface area contributed by atoms with Crippen LogP contribution in [-0.4, -0.2) is 28.3 Å². The molecule has 2 aromatic rings. The predicted molar refractivity (Wildman–Crippen MR) is 109 cm³/mol. The number of halogens is 1. The minimum absolute atomic E-state index is 0.122. The van der Waals surface area contributed by atoms with Crippen molar-refractivity contribution in [3.8, 4) is 11.8 Å². The van der Waals surface area contributed by atoms with E-state index >= 15 is 0 Å². The fourth-order valence-electron chi connectivity index (χ4n) is 2.83. The molecule has 1 heterocycles. The summed E-state index contributed by atoms with van der Waals surface area (Å²) in [4.78, 5) is 19.6. The number of allylic oxidation sites excluding steroid dienone is 1. The van der Waals surface area contributed by atoms with E-state index < -0.39 is 11.7 Å². The lowest BCUT2D eigenvalue weighted by Gasteiger charge is -2.04. The maximum absolute atomic E-state index is 14.5. The van der Waals surface area contributed by atoms with E-state index in [1.165, 1.54) is 13.1 Å². The molecule has 0 saturated heterocycles. The second-order valence-corrected chi connectivity index (χ2v) is 6.09. The number of amidine groups is 1. The number of carbonyl (C=O) groups is 1. The van der Waals surface area contributed by atoms with Gasteiger partial charge in [0.2, 0.25) is 0 Å². The lowest BCUT2D eigenvalue weighted by Crippen LogP contribution is -2.29. The highest BCUT2D eigenvalue weighted by Crippen LogP contribution is 2.38. The first-order chi connectivity index (χ1) is 13.3. The van der Waals surface area contributed by atoms with Crippen LogP contribution in [-0.2, 0) is 4.79 Å². The third-order valence-corrected chi connectivity index (χ3v) is 4.21. The molecule has 1 aliphatic rings. The fraction of sp³-hybridized carbons (Fsp3) is 0.350. The second kappa shape index (κ2) is 8.57. The number of benzene rings is 1. The van der Waals surface area contributed by atoms with Gasteiger partial charge in [-0.2, -0.15) is 0 Å². The van der Waals surface area contributed by atoms with E-state index in [2.05, 4.69) is 21.8 Å². The van der Waals surface area contributed by atoms with Gasteiger partial charge in [0.15, 0.2) is 0 Å². The van der Waals surface area contributed by atoms with Gasteiger partial charge in [-0.05, 0) is 31.8 Å². The molecule has 0 atom stereocenters. The van der Waals surface area contributed by atoms with Crippen LogP contribution < -0.4 is 17.2 Å². The molecule has 0 bridgehead atoms. The topological polar surface area (TPSA) is 125 Å². The Labute approximate surface area is 163 Å². The molecule has 8 heteroatoms. The number of primary amides is 1. The number of aryl methyl sites for hydroxylation is 1. The van der Waals surface area contributed by atoms with Crippen LogP contribution in [0.2, 0.25) is 0 Å². The Hall–Kier alpha value is -3.34. The lowest BCUT2D eigenvalue weighted by molar-refractivity contribution is -0.114. The number of nitrogens with zero attached hydrogens (tertiary/aromatic N) is 3. The van der Waals surface area contributed by atoms with Gasteiger partial charge in [0.05, 0.1) is 22.3 Å². The highest BCUT2D eigenvalue weighted by atomic mass is 19.1. The summed E-state index contributed by atoms with van der Waals surface area (Å²) < 4.78 is 16.5. The molecule has 0 unspecified atom stereocenters. The van der Waals surface area contributed by atoms with Gasteiger partial charge in [-0.1, -0.05) is 19.8 Å². The first kappa shape index (κ1) is 21.0. The molecular formula is C20H25FN6O. The summed E-state index contributed by atoms with van der Waals surface area (Å²) in [5.41, 5.74) is 17.8. The van der Waals surface area contributed by atoms with E-state index in [9.17, 15) is 9.18 Å². The number of aromatic nitrogens is 2. The molecule has 1 amide bonds. The van der Waals surface area contributed by atoms with Gasteiger partial charge in [-0.15, -0.1) is 0 Å². The standard InChI is InChI=1S/C18H19FN6O.C2H6/c1-9-24-14-7-10(12(19)8-15(14)25(9)11-4-5-11)3-6-13(20)16(18(22)26)17(21)23-2;1-2/h7-8,11H,4-5,20H2,1-2H3,(H2,21,23)(H2,22,26);1-2H3/b16-13+;. The van der Waals surface area contributed by atoms with Crippen molar-refractivity contribution in [1.82, 2.24) is 9.55 Å². The fourth-order valence-corrected chi connectivity index (χ4v) is 2.83. The number of carbonyl (C=O) groups excluding carboxylic acids is 1. The van der Waals surface area contributed by atoms with Crippen LogP contribution in [0.3, 0.4) is 0 Å². The van der Waals surface area contributed by atoms with Crippen molar-refractivity contribution in [2.24, 2.45) is 22.2 Å². The van der Waals surface area contributed by atoms with Crippen molar-refractivity contribution >= 4 is 22.8 Å². The third-order valence-electron chi connectivity index (χ3n) is 4.21. The Balaban J connectivity index is 0.00000136. The smallest absolute Gasteiger partial charge is 0.255 e. The van der Waals surface area contributed by atoms with Crippen LogP contribution in [0.5, 0.6) is 0 Å². The van der Waals surface area contributed by atoms with Crippen LogP contribution in [0.1, 0.15) is 44.1 Å². The number of imidazole rings is 1. The van der Waals surface area contributed by atoms with Crippen molar-refractivity contribution in [3.05, 3.63) is 40.6 Å². The average molecular weight is 384 g/mol. The van der Waals surface area contributed by atoms with Gasteiger partial charge < -0.3 is 21.8 Å². The summed E-state index contributed by atoms with van der Waals surface area (Å²) in [7, 11) is 1.39. The van der Waals surface area contributed by atoms with E-state index in [0.717, 1.165) is 24.2 Å². The second-order valence-electron chi connectivity index (χ2n) is 6.09. The number of rotatable bonds is 3. The Morgan fingerprint density at radius 2 is 1.93 bits per heavy atom. The number of amides is 1. The van der Waals surface area contributed by atoms with Gasteiger partial charge in [0, 0.05) is 19.2 Å². The van der Waals surface area contributed by atoms with E-state index in [1.807, 2.05) is 25.3 Å². The van der Waals surface area contributed by atoms with Crippen molar-refractivity contribution in [1.29, 1.82) is 0 Å². The van der Waals surface area contributed by atoms with Gasteiger partial charge in [-0.25, -0.2) is 9.37 Å². The minimum Gasteiger partial charge on any atom is -0.391 e. The Morgan fingerprint density at radius 1 is 1.29 bits per heavy atom. The SMILES string of the molecule is CC.CN=C(N)/C(C(N)=O)=C(\N)C#Cc1cc2nc(C)n(C3CC3)c2cc1F. The van der Waals surface area contributed by atoms with E-state index in [4.69, 9.17) is 17.2 Å². The maximum Gasteiger partial charge on any atom is 0.255 e. The molecule has 3 rings (SSSR count). The zero-order valence-electron chi connectivity index (χ0n) is 16.5. The van der Waals surface area contributed by atoms with E-state index in [-0.39, 0.29) is 22.7 Å². The summed E-state index contributed by atoms with van der Waals surface area (Å²) in [5, 5.41) is 0. The van der Waals surface area contributed by atoms with Crippen molar-refractivity contribution in [2.75, 3.05) is 7.05 Å². The molecular weight excluding hydrogens is 359 g/mol. The number of hydrogen-bond acceptors (Lipinski definition) is 4. The van der Waals surface area contributed by atoms with Crippen LogP contribution in [0, 0.1) is 24.6 Å². The lowest BCUT2D eigenvalue weighted by atomic mass is 10.1. The molecule has 0 aliphatic heterocycles. The molecule has 1 fully saturated rings. The predicted octanol–water partition coefficient (Wildman–Crippen LogP) is 1.88. The molecule has 1 saturated carbocycles. The normalized spacial score (nSPS) is 14.5. The molecule has 1 aliphatic carbocycles. The quantitative estimate of drug-likeness (QED) is 0.323. The minimum atomic E-state index is -0.852. The Morgan fingerprint density at radius 3 is 2.46 bits per heavy atom. The summed E-state index contributed by atoms with van der Waals surface area (Å²) in [5.74, 6) is 4.52. The van der Waals surface area contributed by atoms with Crippen LogP contribution in [0.4, 0.5) is 4.39 Å². The third kappa shape index (κ3) is 4.14. The molecule has 6 N–H and O–H groups in total. The first-order valence-corrected chi connectivity index (χ1v) is 9.05. The molecule has 1 aromatic carbocycles. The van der Waals surface area contributed by atoms with E-state index in [0.29, 0.717) is 11.6 Å². The molecule has 28 heavy (non-hydrogen) atoms. The largest absolute Gasteiger partial charge is 0.391 e. The van der Waals surface area contributed by atoms with Gasteiger partial charge in [0.1, 0.15) is 23.1 Å². The summed E-state index contributed by atoms with van der Waals surface area (Å²) in [6.45, 7) is 5.90. The molecule has 0 spiro atoms. The highest BCUT2D eigenvalue weighted by Gasteiger charge is 2.27. The number of fused-ring (bicyclic) bond motifs is 1. The number of hydrogen-bond donors (Lipinski definition) is 3. The summed E-state index contributed by atoms with van der Waals surface area (Å²) >= 11 is 0. The van der Waals surface area contributed by atoms with Crippen molar-refractivity contribution < 1.29 is 9.18 Å². The van der Waals surface area contributed by atoms with Crippen LogP contribution >= 0.6 is 0 Å². The van der Waals surface area contributed by atoms with Crippen molar-refractivity contribution in [2.45, 2.75) is 39.7 Å². The van der Waals surface area contributed by atoms with Crippen molar-refractivity contribution in [3.63, 3.8) is 0 Å². The maximum atomic E-state index is 14.5. The van der Waals surface area contributed by atoms with Crippen LogP contribution in [0.25, 0.3) is 11.0 Å². The average Bonchev–Trinajstić information content (AvgIpc) is 3.44. The van der Waals surface area contributed by atoms with Crippen LogP contribution in [0.15, 0.2) is 28.4 Å².